The van der Waals surface area contributed by atoms with E-state index in [4.69, 9.17) is 4.52 Å². The van der Waals surface area contributed by atoms with Crippen LogP contribution < -0.4 is 10.6 Å². The third-order valence-corrected chi connectivity index (χ3v) is 4.95. The minimum Gasteiger partial charge on any atom is -0.359 e. The number of aromatic nitrogens is 1. The van der Waals surface area contributed by atoms with Gasteiger partial charge in [0.2, 0.25) is 5.91 Å². The summed E-state index contributed by atoms with van der Waals surface area (Å²) < 4.78 is 5.42. The van der Waals surface area contributed by atoms with Crippen LogP contribution in [0.3, 0.4) is 0 Å². The molecule has 0 saturated carbocycles. The molecule has 0 aliphatic heterocycles. The van der Waals surface area contributed by atoms with E-state index < -0.39 is 0 Å². The van der Waals surface area contributed by atoms with Crippen LogP contribution in [0.2, 0.25) is 0 Å². The van der Waals surface area contributed by atoms with E-state index in [1.807, 2.05) is 43.4 Å². The molecule has 0 atom stereocenters. The number of guanidine groups is 1. The van der Waals surface area contributed by atoms with Crippen molar-refractivity contribution in [2.75, 3.05) is 20.6 Å². The highest BCUT2D eigenvalue weighted by molar-refractivity contribution is 14.0. The molecule has 0 saturated heterocycles. The second kappa shape index (κ2) is 14.0. The van der Waals surface area contributed by atoms with Crippen molar-refractivity contribution in [3.8, 4) is 0 Å². The molecule has 0 radical (unpaired) electrons. The van der Waals surface area contributed by atoms with Crippen molar-refractivity contribution in [3.05, 3.63) is 53.4 Å². The standard InChI is InChI=1S/C22H33N5O2.HI/c1-5-18(6-2)20-14-19(29-26-20)15-25-22(23-3)24-13-12-21(28)27(4)16-17-10-8-7-9-11-17;/h7-11,14,18H,5-6,12-13,15-16H2,1-4H3,(H2,23,24,25);1H. The van der Waals surface area contributed by atoms with Gasteiger partial charge in [0.1, 0.15) is 0 Å². The maximum atomic E-state index is 12.3. The Balaban J connectivity index is 0.00000450. The fourth-order valence-corrected chi connectivity index (χ4v) is 3.13. The molecule has 2 rings (SSSR count). The average molecular weight is 527 g/mol. The van der Waals surface area contributed by atoms with E-state index in [2.05, 4.69) is 34.6 Å². The number of halogens is 1. The quantitative estimate of drug-likeness (QED) is 0.278. The van der Waals surface area contributed by atoms with Crippen molar-refractivity contribution >= 4 is 35.8 Å². The number of benzene rings is 1. The molecule has 1 heterocycles. The number of amides is 1. The molecule has 1 amide bonds. The van der Waals surface area contributed by atoms with E-state index >= 15 is 0 Å². The number of nitrogens with zero attached hydrogens (tertiary/aromatic N) is 3. The molecule has 2 N–H and O–H groups in total. The summed E-state index contributed by atoms with van der Waals surface area (Å²) in [6.45, 7) is 5.93. The van der Waals surface area contributed by atoms with Crippen LogP contribution in [0, 0.1) is 0 Å². The van der Waals surface area contributed by atoms with Gasteiger partial charge >= 0.3 is 0 Å². The summed E-state index contributed by atoms with van der Waals surface area (Å²) in [5, 5.41) is 10.5. The number of hydrogen-bond donors (Lipinski definition) is 2. The van der Waals surface area contributed by atoms with Gasteiger partial charge in [-0.1, -0.05) is 49.3 Å². The van der Waals surface area contributed by atoms with Crippen LogP contribution in [0.4, 0.5) is 0 Å². The fraction of sp³-hybridized carbons (Fsp3) is 0.500. The zero-order chi connectivity index (χ0) is 21.1. The number of nitrogens with one attached hydrogen (secondary N) is 2. The molecule has 1 aromatic heterocycles. The number of rotatable bonds is 10. The van der Waals surface area contributed by atoms with Crippen molar-refractivity contribution < 1.29 is 9.32 Å². The Hall–Kier alpha value is -2.10. The van der Waals surface area contributed by atoms with E-state index in [0.29, 0.717) is 37.9 Å². The summed E-state index contributed by atoms with van der Waals surface area (Å²) >= 11 is 0. The Morgan fingerprint density at radius 1 is 1.20 bits per heavy atom. The third kappa shape index (κ3) is 8.33. The van der Waals surface area contributed by atoms with E-state index in [9.17, 15) is 4.79 Å². The van der Waals surface area contributed by atoms with Gasteiger partial charge in [-0.25, -0.2) is 0 Å². The van der Waals surface area contributed by atoms with Crippen LogP contribution in [0.25, 0.3) is 0 Å². The molecule has 0 aliphatic rings. The van der Waals surface area contributed by atoms with Gasteiger partial charge in [0, 0.05) is 45.6 Å². The minimum atomic E-state index is 0. The molecule has 166 valence electrons. The van der Waals surface area contributed by atoms with Crippen LogP contribution in [-0.2, 0) is 17.9 Å². The molecule has 0 unspecified atom stereocenters. The van der Waals surface area contributed by atoms with Crippen LogP contribution in [0.15, 0.2) is 45.9 Å². The summed E-state index contributed by atoms with van der Waals surface area (Å²) in [6.07, 6.45) is 2.49. The van der Waals surface area contributed by atoms with E-state index in [1.165, 1.54) is 0 Å². The summed E-state index contributed by atoms with van der Waals surface area (Å²) in [5.74, 6) is 1.92. The molecule has 1 aromatic carbocycles. The molecule has 0 spiro atoms. The molecule has 2 aromatic rings. The predicted molar refractivity (Wildman–Crippen MR) is 131 cm³/mol. The van der Waals surface area contributed by atoms with Crippen LogP contribution in [0.1, 0.15) is 56.0 Å². The highest BCUT2D eigenvalue weighted by Gasteiger charge is 2.13. The van der Waals surface area contributed by atoms with Crippen molar-refractivity contribution in [1.29, 1.82) is 0 Å². The first-order valence-corrected chi connectivity index (χ1v) is 10.2. The van der Waals surface area contributed by atoms with E-state index in [1.54, 1.807) is 11.9 Å². The molecule has 30 heavy (non-hydrogen) atoms. The Morgan fingerprint density at radius 2 is 1.90 bits per heavy atom. The average Bonchev–Trinajstić information content (AvgIpc) is 3.20. The predicted octanol–water partition coefficient (Wildman–Crippen LogP) is 3.91. The largest absolute Gasteiger partial charge is 0.359 e. The maximum Gasteiger partial charge on any atom is 0.224 e. The normalized spacial score (nSPS) is 11.2. The van der Waals surface area contributed by atoms with Gasteiger partial charge in [0.05, 0.1) is 12.2 Å². The molecular weight excluding hydrogens is 493 g/mol. The lowest BCUT2D eigenvalue weighted by Gasteiger charge is -2.18. The second-order valence-electron chi connectivity index (χ2n) is 7.07. The third-order valence-electron chi connectivity index (χ3n) is 4.95. The Labute approximate surface area is 196 Å². The van der Waals surface area contributed by atoms with Crippen molar-refractivity contribution in [3.63, 3.8) is 0 Å². The molecule has 0 bridgehead atoms. The highest BCUT2D eigenvalue weighted by Crippen LogP contribution is 2.22. The van der Waals surface area contributed by atoms with Crippen molar-refractivity contribution in [1.82, 2.24) is 20.7 Å². The van der Waals surface area contributed by atoms with Gasteiger partial charge in [0.15, 0.2) is 11.7 Å². The lowest BCUT2D eigenvalue weighted by Crippen LogP contribution is -2.39. The minimum absolute atomic E-state index is 0. The van der Waals surface area contributed by atoms with Gasteiger partial charge in [-0.05, 0) is 18.4 Å². The SMILES string of the molecule is CCC(CC)c1cc(CNC(=NC)NCCC(=O)N(C)Cc2ccccc2)on1.I. The number of aliphatic imine (C=N–C) groups is 1. The zero-order valence-electron chi connectivity index (χ0n) is 18.4. The zero-order valence-corrected chi connectivity index (χ0v) is 20.7. The molecule has 7 nitrogen and oxygen atoms in total. The topological polar surface area (TPSA) is 82.8 Å². The van der Waals surface area contributed by atoms with Gasteiger partial charge in [-0.3, -0.25) is 9.79 Å². The van der Waals surface area contributed by atoms with Crippen LogP contribution in [-0.4, -0.2) is 42.6 Å². The second-order valence-corrected chi connectivity index (χ2v) is 7.07. The Kier molecular flexibility index (Phi) is 12.1. The van der Waals surface area contributed by atoms with Crippen LogP contribution >= 0.6 is 24.0 Å². The molecule has 0 aliphatic carbocycles. The van der Waals surface area contributed by atoms with Gasteiger partial charge in [-0.15, -0.1) is 24.0 Å². The van der Waals surface area contributed by atoms with Gasteiger partial charge < -0.3 is 20.1 Å². The summed E-state index contributed by atoms with van der Waals surface area (Å²) in [7, 11) is 3.53. The van der Waals surface area contributed by atoms with E-state index in [0.717, 1.165) is 29.9 Å². The smallest absolute Gasteiger partial charge is 0.224 e. The van der Waals surface area contributed by atoms with E-state index in [-0.39, 0.29) is 29.9 Å². The van der Waals surface area contributed by atoms with Crippen LogP contribution in [0.5, 0.6) is 0 Å². The maximum absolute atomic E-state index is 12.3. The summed E-state index contributed by atoms with van der Waals surface area (Å²) in [5.41, 5.74) is 2.12. The Bertz CT molecular complexity index is 775. The molecule has 0 fully saturated rings. The number of hydrogen-bond acceptors (Lipinski definition) is 4. The first-order valence-electron chi connectivity index (χ1n) is 10.2. The fourth-order valence-electron chi connectivity index (χ4n) is 3.13. The highest BCUT2D eigenvalue weighted by atomic mass is 127. The monoisotopic (exact) mass is 527 g/mol. The van der Waals surface area contributed by atoms with Crippen molar-refractivity contribution in [2.45, 2.75) is 52.1 Å². The lowest BCUT2D eigenvalue weighted by atomic mass is 9.99. The number of carbonyl (C=O) groups excluding carboxylic acids is 1. The summed E-state index contributed by atoms with van der Waals surface area (Å²) in [6, 6.07) is 12.0. The first kappa shape index (κ1) is 25.9. The molecular formula is C22H34IN5O2. The summed E-state index contributed by atoms with van der Waals surface area (Å²) in [4.78, 5) is 18.3. The Morgan fingerprint density at radius 3 is 2.53 bits per heavy atom. The van der Waals surface area contributed by atoms with Crippen molar-refractivity contribution in [2.24, 2.45) is 4.99 Å². The number of carbonyl (C=O) groups is 1. The lowest BCUT2D eigenvalue weighted by molar-refractivity contribution is -0.130. The molecule has 8 heteroatoms. The first-order chi connectivity index (χ1) is 14.1. The van der Waals surface area contributed by atoms with Gasteiger partial charge in [0.25, 0.3) is 0 Å². The van der Waals surface area contributed by atoms with Gasteiger partial charge in [-0.2, -0.15) is 0 Å².